The molecule has 0 aliphatic carbocycles. The Hall–Kier alpha value is -2.97. The molecule has 0 unspecified atom stereocenters. The second kappa shape index (κ2) is 7.87. The maximum Gasteiger partial charge on any atom is 0.336 e. The van der Waals surface area contributed by atoms with Crippen LogP contribution in [0.1, 0.15) is 35.7 Å². The van der Waals surface area contributed by atoms with Crippen LogP contribution in [0.3, 0.4) is 0 Å². The minimum Gasteiger partial charge on any atom is -0.478 e. The third kappa shape index (κ3) is 4.25. The van der Waals surface area contributed by atoms with Crippen molar-refractivity contribution in [2.75, 3.05) is 13.2 Å². The average Bonchev–Trinajstić information content (AvgIpc) is 2.47. The highest BCUT2D eigenvalue weighted by Crippen LogP contribution is 2.28. The van der Waals surface area contributed by atoms with Crippen LogP contribution >= 0.6 is 0 Å². The number of carboxylic acid groups (broad SMARTS) is 1. The van der Waals surface area contributed by atoms with Crippen molar-refractivity contribution in [1.82, 2.24) is 0 Å². The highest BCUT2D eigenvalue weighted by atomic mass is 16.6. The van der Waals surface area contributed by atoms with Gasteiger partial charge in [0.2, 0.25) is 0 Å². The second-order valence-electron chi connectivity index (χ2n) is 4.27. The first-order chi connectivity index (χ1) is 10.8. The Balaban J connectivity index is 3.51. The summed E-state index contributed by atoms with van der Waals surface area (Å²) in [5.41, 5.74) is -1.21. The van der Waals surface area contributed by atoms with Crippen LogP contribution in [0.15, 0.2) is 18.2 Å². The van der Waals surface area contributed by atoms with Gasteiger partial charge in [-0.1, -0.05) is 0 Å². The molecule has 9 heteroatoms. The number of hydrogen-bond donors (Lipinski definition) is 1. The van der Waals surface area contributed by atoms with Crippen molar-refractivity contribution in [3.05, 3.63) is 39.4 Å². The molecule has 1 aromatic carbocycles. The lowest BCUT2D eigenvalue weighted by molar-refractivity contribution is -0.384. The zero-order valence-electron chi connectivity index (χ0n) is 12.5. The summed E-state index contributed by atoms with van der Waals surface area (Å²) in [4.78, 5) is 45.5. The van der Waals surface area contributed by atoms with E-state index in [0.29, 0.717) is 0 Å². The zero-order chi connectivity index (χ0) is 17.6. The quantitative estimate of drug-likeness (QED) is 0.345. The summed E-state index contributed by atoms with van der Waals surface area (Å²) in [6, 6.07) is 2.80. The molecule has 0 atom stereocenters. The third-order valence-electron chi connectivity index (χ3n) is 2.83. The van der Waals surface area contributed by atoms with Gasteiger partial charge < -0.3 is 14.6 Å². The number of rotatable bonds is 7. The zero-order valence-corrected chi connectivity index (χ0v) is 12.5. The fraction of sp³-hybridized carbons (Fsp3) is 0.357. The van der Waals surface area contributed by atoms with Crippen LogP contribution < -0.4 is 0 Å². The van der Waals surface area contributed by atoms with Crippen LogP contribution in [-0.2, 0) is 19.1 Å². The number of ether oxygens (including phenoxy) is 2. The van der Waals surface area contributed by atoms with E-state index in [4.69, 9.17) is 9.47 Å². The SMILES string of the molecule is CCOC(=O)C(C(=O)OCC)c1cc([N+](=O)[O-])ccc1C(=O)O. The Morgan fingerprint density at radius 1 is 1.17 bits per heavy atom. The summed E-state index contributed by atoms with van der Waals surface area (Å²) in [7, 11) is 0. The van der Waals surface area contributed by atoms with Gasteiger partial charge in [0.05, 0.1) is 23.7 Å². The third-order valence-corrected chi connectivity index (χ3v) is 2.83. The van der Waals surface area contributed by atoms with E-state index in [2.05, 4.69) is 0 Å². The second-order valence-corrected chi connectivity index (χ2v) is 4.27. The summed E-state index contributed by atoms with van der Waals surface area (Å²) in [5, 5.41) is 20.1. The molecular weight excluding hydrogens is 310 g/mol. The number of benzene rings is 1. The van der Waals surface area contributed by atoms with E-state index < -0.39 is 40.0 Å². The van der Waals surface area contributed by atoms with E-state index in [9.17, 15) is 29.6 Å². The lowest BCUT2D eigenvalue weighted by Gasteiger charge is -2.16. The highest BCUT2D eigenvalue weighted by Gasteiger charge is 2.35. The molecule has 23 heavy (non-hydrogen) atoms. The number of nitro groups is 1. The smallest absolute Gasteiger partial charge is 0.336 e. The molecule has 0 saturated carbocycles. The van der Waals surface area contributed by atoms with Gasteiger partial charge in [-0.2, -0.15) is 0 Å². The maximum absolute atomic E-state index is 12.0. The number of non-ortho nitro benzene ring substituents is 1. The number of nitro benzene ring substituents is 1. The van der Waals surface area contributed by atoms with Crippen molar-refractivity contribution in [2.24, 2.45) is 0 Å². The summed E-state index contributed by atoms with van der Waals surface area (Å²) < 4.78 is 9.52. The first-order valence-electron chi connectivity index (χ1n) is 6.68. The van der Waals surface area contributed by atoms with E-state index in [-0.39, 0.29) is 18.8 Å². The lowest BCUT2D eigenvalue weighted by atomic mass is 9.93. The largest absolute Gasteiger partial charge is 0.478 e. The van der Waals surface area contributed by atoms with Gasteiger partial charge in [0, 0.05) is 12.1 Å². The van der Waals surface area contributed by atoms with E-state index >= 15 is 0 Å². The summed E-state index contributed by atoms with van der Waals surface area (Å²) >= 11 is 0. The Morgan fingerprint density at radius 2 is 1.70 bits per heavy atom. The van der Waals surface area contributed by atoms with E-state index in [1.54, 1.807) is 0 Å². The molecule has 0 amide bonds. The molecule has 0 fully saturated rings. The lowest BCUT2D eigenvalue weighted by Crippen LogP contribution is -2.28. The number of esters is 2. The Morgan fingerprint density at radius 3 is 2.09 bits per heavy atom. The van der Waals surface area contributed by atoms with Crippen LogP contribution in [0.25, 0.3) is 0 Å². The van der Waals surface area contributed by atoms with Crippen LogP contribution in [0.2, 0.25) is 0 Å². The minimum absolute atomic E-state index is 0.0495. The standard InChI is InChI=1S/C14H15NO8/c1-3-22-13(18)11(14(19)23-4-2)10-7-8(15(20)21)5-6-9(10)12(16)17/h5-7,11H,3-4H2,1-2H3,(H,16,17). The van der Waals surface area contributed by atoms with Crippen LogP contribution in [0.4, 0.5) is 5.69 Å². The topological polar surface area (TPSA) is 133 Å². The van der Waals surface area contributed by atoms with Gasteiger partial charge in [-0.3, -0.25) is 19.7 Å². The molecule has 0 heterocycles. The molecule has 124 valence electrons. The van der Waals surface area contributed by atoms with Crippen LogP contribution in [0, 0.1) is 10.1 Å². The van der Waals surface area contributed by atoms with Crippen molar-refractivity contribution in [3.63, 3.8) is 0 Å². The van der Waals surface area contributed by atoms with Crippen molar-refractivity contribution in [3.8, 4) is 0 Å². The van der Waals surface area contributed by atoms with Gasteiger partial charge in [0.1, 0.15) is 0 Å². The van der Waals surface area contributed by atoms with E-state index in [1.807, 2.05) is 0 Å². The van der Waals surface area contributed by atoms with Gasteiger partial charge in [-0.25, -0.2) is 4.79 Å². The minimum atomic E-state index is -1.71. The monoisotopic (exact) mass is 325 g/mol. The maximum atomic E-state index is 12.0. The van der Waals surface area contributed by atoms with Gasteiger partial charge in [0.15, 0.2) is 5.92 Å². The Labute approximate surface area is 131 Å². The molecule has 0 spiro atoms. The summed E-state index contributed by atoms with van der Waals surface area (Å²) in [6.45, 7) is 2.91. The van der Waals surface area contributed by atoms with Gasteiger partial charge in [-0.15, -0.1) is 0 Å². The predicted molar refractivity (Wildman–Crippen MR) is 76.1 cm³/mol. The Bertz CT molecular complexity index is 622. The highest BCUT2D eigenvalue weighted by molar-refractivity contribution is 6.04. The van der Waals surface area contributed by atoms with Gasteiger partial charge >= 0.3 is 17.9 Å². The first kappa shape index (κ1) is 18.1. The van der Waals surface area contributed by atoms with Crippen molar-refractivity contribution in [1.29, 1.82) is 0 Å². The van der Waals surface area contributed by atoms with E-state index in [0.717, 1.165) is 18.2 Å². The number of carboxylic acids is 1. The summed E-state index contributed by atoms with van der Waals surface area (Å²) in [6.07, 6.45) is 0. The summed E-state index contributed by atoms with van der Waals surface area (Å²) in [5.74, 6) is -5.21. The number of aromatic carboxylic acids is 1. The predicted octanol–water partition coefficient (Wildman–Crippen LogP) is 1.50. The van der Waals surface area contributed by atoms with Crippen molar-refractivity contribution in [2.45, 2.75) is 19.8 Å². The van der Waals surface area contributed by atoms with Crippen LogP contribution in [-0.4, -0.2) is 41.2 Å². The number of carbonyl (C=O) groups excluding carboxylic acids is 2. The molecule has 1 rings (SSSR count). The van der Waals surface area contributed by atoms with Crippen molar-refractivity contribution < 1.29 is 33.9 Å². The average molecular weight is 325 g/mol. The molecule has 0 aromatic heterocycles. The molecular formula is C14H15NO8. The normalized spacial score (nSPS) is 10.2. The first-order valence-corrected chi connectivity index (χ1v) is 6.68. The molecule has 0 aliphatic heterocycles. The molecule has 0 bridgehead atoms. The number of hydrogen-bond acceptors (Lipinski definition) is 7. The fourth-order valence-electron chi connectivity index (χ4n) is 1.90. The Kier molecular flexibility index (Phi) is 6.19. The molecule has 1 N–H and O–H groups in total. The van der Waals surface area contributed by atoms with Crippen LogP contribution in [0.5, 0.6) is 0 Å². The molecule has 9 nitrogen and oxygen atoms in total. The molecule has 0 aliphatic rings. The van der Waals surface area contributed by atoms with Crippen molar-refractivity contribution >= 4 is 23.6 Å². The number of carbonyl (C=O) groups is 3. The molecule has 0 saturated heterocycles. The molecule has 0 radical (unpaired) electrons. The van der Waals surface area contributed by atoms with Gasteiger partial charge in [-0.05, 0) is 25.5 Å². The fourth-order valence-corrected chi connectivity index (χ4v) is 1.90. The molecule has 1 aromatic rings. The van der Waals surface area contributed by atoms with E-state index in [1.165, 1.54) is 13.8 Å². The number of nitrogens with zero attached hydrogens (tertiary/aromatic N) is 1. The van der Waals surface area contributed by atoms with Gasteiger partial charge in [0.25, 0.3) is 5.69 Å².